The maximum Gasteiger partial charge on any atom is -0.00174 e. The first-order chi connectivity index (χ1) is 11.9. The van der Waals surface area contributed by atoms with E-state index < -0.39 is 0 Å². The molecule has 0 N–H and O–H groups in total. The van der Waals surface area contributed by atoms with Crippen molar-refractivity contribution in [1.29, 1.82) is 0 Å². The van der Waals surface area contributed by atoms with E-state index in [1.54, 1.807) is 11.1 Å². The van der Waals surface area contributed by atoms with E-state index in [0.29, 0.717) is 0 Å². The van der Waals surface area contributed by atoms with E-state index in [1.807, 2.05) is 0 Å². The van der Waals surface area contributed by atoms with Gasteiger partial charge in [0.1, 0.15) is 0 Å². The minimum absolute atomic E-state index is 1.23. The van der Waals surface area contributed by atoms with Crippen molar-refractivity contribution >= 4 is 43.1 Å². The Balaban J connectivity index is 2.04. The molecule has 0 atom stereocenters. The number of aryl methyl sites for hydroxylation is 2. The van der Waals surface area contributed by atoms with Gasteiger partial charge in [-0.05, 0) is 86.0 Å². The van der Waals surface area contributed by atoms with Gasteiger partial charge < -0.3 is 0 Å². The van der Waals surface area contributed by atoms with Crippen LogP contribution in [-0.2, 0) is 12.8 Å². The van der Waals surface area contributed by atoms with Crippen molar-refractivity contribution in [2.75, 3.05) is 0 Å². The third-order valence-corrected chi connectivity index (χ3v) is 5.96. The molecule has 0 unspecified atom stereocenters. The highest BCUT2D eigenvalue weighted by atomic mass is 14.2. The van der Waals surface area contributed by atoms with Gasteiger partial charge >= 0.3 is 0 Å². The minimum atomic E-state index is 1.23. The number of benzene rings is 5. The van der Waals surface area contributed by atoms with Crippen LogP contribution in [0, 0.1) is 0 Å². The quantitative estimate of drug-likeness (QED) is 0.223. The molecule has 0 spiro atoms. The lowest BCUT2D eigenvalue weighted by Gasteiger charge is -2.24. The molecule has 0 saturated carbocycles. The third-order valence-electron chi connectivity index (χ3n) is 5.96. The average molecular weight is 306 g/mol. The summed E-state index contributed by atoms with van der Waals surface area (Å²) in [7, 11) is 0. The molecule has 0 heterocycles. The van der Waals surface area contributed by atoms with Gasteiger partial charge in [0.05, 0.1) is 0 Å². The molecular formula is C24H18. The van der Waals surface area contributed by atoms with Gasteiger partial charge in [-0.2, -0.15) is 0 Å². The first-order valence-corrected chi connectivity index (χ1v) is 9.02. The fourth-order valence-electron chi connectivity index (χ4n) is 4.98. The van der Waals surface area contributed by atoms with Crippen LogP contribution in [0.1, 0.15) is 24.0 Å². The van der Waals surface area contributed by atoms with Crippen LogP contribution in [0.15, 0.2) is 60.7 Å². The Bertz CT molecular complexity index is 1240. The first-order valence-electron chi connectivity index (χ1n) is 9.02. The molecule has 0 aliphatic heterocycles. The van der Waals surface area contributed by atoms with Crippen molar-refractivity contribution in [3.63, 3.8) is 0 Å². The zero-order chi connectivity index (χ0) is 15.7. The van der Waals surface area contributed by atoms with Crippen LogP contribution in [0.25, 0.3) is 43.1 Å². The second kappa shape index (κ2) is 4.48. The number of fused-ring (bicyclic) bond motifs is 5. The topological polar surface area (TPSA) is 0 Å². The van der Waals surface area contributed by atoms with Crippen LogP contribution in [0.3, 0.4) is 0 Å². The first kappa shape index (κ1) is 12.8. The normalized spacial score (nSPS) is 14.8. The van der Waals surface area contributed by atoms with Crippen molar-refractivity contribution in [2.24, 2.45) is 0 Å². The molecule has 5 aromatic carbocycles. The van der Waals surface area contributed by atoms with Gasteiger partial charge in [-0.3, -0.25) is 0 Å². The van der Waals surface area contributed by atoms with Crippen LogP contribution >= 0.6 is 0 Å². The molecule has 0 fully saturated rings. The van der Waals surface area contributed by atoms with Gasteiger partial charge in [-0.25, -0.2) is 0 Å². The number of rotatable bonds is 0. The summed E-state index contributed by atoms with van der Waals surface area (Å²) in [6, 6.07) is 22.8. The lowest BCUT2D eigenvalue weighted by atomic mass is 9.80. The summed E-state index contributed by atoms with van der Waals surface area (Å²) in [6.07, 6.45) is 5.10. The molecule has 0 amide bonds. The summed E-state index contributed by atoms with van der Waals surface area (Å²) >= 11 is 0. The van der Waals surface area contributed by atoms with E-state index >= 15 is 0 Å². The standard InChI is InChI=1S/C24H18/c1-2-8-18-16(6-1)14-17-13-12-15-7-5-11-20-19-9-3-4-10-21(19)24(18)23(17)22(15)20/h1-2,5-8,11-14H,3-4,9-10H2. The summed E-state index contributed by atoms with van der Waals surface area (Å²) in [6.45, 7) is 0. The van der Waals surface area contributed by atoms with Gasteiger partial charge in [0.25, 0.3) is 0 Å². The van der Waals surface area contributed by atoms with Crippen molar-refractivity contribution < 1.29 is 0 Å². The molecule has 0 saturated heterocycles. The predicted octanol–water partition coefficient (Wildman–Crippen LogP) is 6.62. The summed E-state index contributed by atoms with van der Waals surface area (Å²) in [5.74, 6) is 0. The van der Waals surface area contributed by atoms with Gasteiger partial charge in [-0.15, -0.1) is 0 Å². The fourth-order valence-corrected chi connectivity index (χ4v) is 4.98. The van der Waals surface area contributed by atoms with Gasteiger partial charge in [0.2, 0.25) is 0 Å². The second-order valence-corrected chi connectivity index (χ2v) is 7.20. The van der Waals surface area contributed by atoms with Crippen LogP contribution in [0.5, 0.6) is 0 Å². The smallest absolute Gasteiger partial charge is 0.00174 e. The number of hydrogen-bond donors (Lipinski definition) is 0. The predicted molar refractivity (Wildman–Crippen MR) is 104 cm³/mol. The van der Waals surface area contributed by atoms with Crippen LogP contribution < -0.4 is 0 Å². The maximum atomic E-state index is 2.37. The van der Waals surface area contributed by atoms with Crippen LogP contribution in [-0.4, -0.2) is 0 Å². The van der Waals surface area contributed by atoms with Crippen molar-refractivity contribution in [3.05, 3.63) is 71.8 Å². The highest BCUT2D eigenvalue weighted by molar-refractivity contribution is 6.30. The minimum Gasteiger partial charge on any atom is -0.0616 e. The molecular weight excluding hydrogens is 288 g/mol. The molecule has 24 heavy (non-hydrogen) atoms. The molecule has 0 aromatic heterocycles. The lowest BCUT2D eigenvalue weighted by Crippen LogP contribution is -2.05. The maximum absolute atomic E-state index is 2.37. The monoisotopic (exact) mass is 306 g/mol. The summed E-state index contributed by atoms with van der Waals surface area (Å²) in [5.41, 5.74) is 3.23. The molecule has 0 bridgehead atoms. The Labute approximate surface area is 141 Å². The van der Waals surface area contributed by atoms with Crippen molar-refractivity contribution in [1.82, 2.24) is 0 Å². The average Bonchev–Trinajstić information content (AvgIpc) is 2.66. The Morgan fingerprint density at radius 1 is 0.500 bits per heavy atom. The van der Waals surface area contributed by atoms with E-state index in [0.717, 1.165) is 0 Å². The Kier molecular flexibility index (Phi) is 2.38. The highest BCUT2D eigenvalue weighted by Crippen LogP contribution is 2.44. The largest absolute Gasteiger partial charge is 0.0616 e. The second-order valence-electron chi connectivity index (χ2n) is 7.20. The van der Waals surface area contributed by atoms with Gasteiger partial charge in [-0.1, -0.05) is 54.6 Å². The molecule has 1 aliphatic carbocycles. The van der Waals surface area contributed by atoms with Crippen molar-refractivity contribution in [2.45, 2.75) is 25.7 Å². The van der Waals surface area contributed by atoms with E-state index in [4.69, 9.17) is 0 Å². The lowest BCUT2D eigenvalue weighted by molar-refractivity contribution is 0.694. The summed E-state index contributed by atoms with van der Waals surface area (Å²) < 4.78 is 0. The van der Waals surface area contributed by atoms with Crippen molar-refractivity contribution in [3.8, 4) is 0 Å². The zero-order valence-corrected chi connectivity index (χ0v) is 13.6. The Morgan fingerprint density at radius 3 is 2.21 bits per heavy atom. The molecule has 1 aliphatic rings. The van der Waals surface area contributed by atoms with E-state index in [2.05, 4.69) is 60.7 Å². The Hall–Kier alpha value is -2.60. The molecule has 5 aromatic rings. The molecule has 6 rings (SSSR count). The summed E-state index contributed by atoms with van der Waals surface area (Å²) in [5, 5.41) is 11.6. The molecule has 0 heteroatoms. The van der Waals surface area contributed by atoms with E-state index in [1.165, 1.54) is 68.8 Å². The molecule has 0 nitrogen and oxygen atoms in total. The van der Waals surface area contributed by atoms with E-state index in [-0.39, 0.29) is 0 Å². The molecule has 114 valence electrons. The SMILES string of the molecule is c1ccc2c(c1)cc1ccc3cccc4c5c(c2c1c34)CCCC5. The van der Waals surface area contributed by atoms with Crippen LogP contribution in [0.4, 0.5) is 0 Å². The zero-order valence-electron chi connectivity index (χ0n) is 13.6. The van der Waals surface area contributed by atoms with Gasteiger partial charge in [0, 0.05) is 0 Å². The van der Waals surface area contributed by atoms with Crippen LogP contribution in [0.2, 0.25) is 0 Å². The fraction of sp³-hybridized carbons (Fsp3) is 0.167. The van der Waals surface area contributed by atoms with Gasteiger partial charge in [0.15, 0.2) is 0 Å². The Morgan fingerprint density at radius 2 is 1.25 bits per heavy atom. The highest BCUT2D eigenvalue weighted by Gasteiger charge is 2.21. The van der Waals surface area contributed by atoms with E-state index in [9.17, 15) is 0 Å². The number of hydrogen-bond acceptors (Lipinski definition) is 0. The molecule has 0 radical (unpaired) electrons. The third kappa shape index (κ3) is 1.49. The summed E-state index contributed by atoms with van der Waals surface area (Å²) in [4.78, 5) is 0.